The summed E-state index contributed by atoms with van der Waals surface area (Å²) in [5.41, 5.74) is -0.489. The molecule has 1 saturated heterocycles. The number of ether oxygens (including phenoxy) is 1. The van der Waals surface area contributed by atoms with Crippen molar-refractivity contribution < 1.29 is 19.4 Å². The first-order valence-corrected chi connectivity index (χ1v) is 7.12. The molecule has 1 amide bonds. The van der Waals surface area contributed by atoms with Crippen LogP contribution in [0.4, 0.5) is 4.79 Å². The summed E-state index contributed by atoms with van der Waals surface area (Å²) in [6.45, 7) is 8.78. The number of hydrogen-bond donors (Lipinski definition) is 2. The van der Waals surface area contributed by atoms with Gasteiger partial charge in [0.05, 0.1) is 6.54 Å². The predicted octanol–water partition coefficient (Wildman–Crippen LogP) is 1.70. The quantitative estimate of drug-likeness (QED) is 0.822. The van der Waals surface area contributed by atoms with Crippen LogP contribution in [0.3, 0.4) is 0 Å². The number of nitrogens with zero attached hydrogens (tertiary/aromatic N) is 1. The predicted molar refractivity (Wildman–Crippen MR) is 75.6 cm³/mol. The first kappa shape index (κ1) is 16.8. The Balaban J connectivity index is 2.49. The zero-order valence-electron chi connectivity index (χ0n) is 12.8. The van der Waals surface area contributed by atoms with Crippen molar-refractivity contribution >= 4 is 12.1 Å². The van der Waals surface area contributed by atoms with E-state index < -0.39 is 11.6 Å². The molecule has 1 heterocycles. The molecule has 0 aromatic rings. The Bertz CT molecular complexity index is 352. The first-order chi connectivity index (χ1) is 9.19. The molecule has 1 rings (SSSR count). The molecule has 0 saturated carbocycles. The summed E-state index contributed by atoms with van der Waals surface area (Å²) in [5.74, 6) is -0.604. The molecular weight excluding hydrogens is 260 g/mol. The van der Waals surface area contributed by atoms with Crippen LogP contribution in [0.1, 0.15) is 40.5 Å². The van der Waals surface area contributed by atoms with E-state index in [2.05, 4.69) is 5.32 Å². The van der Waals surface area contributed by atoms with Gasteiger partial charge in [-0.1, -0.05) is 0 Å². The molecule has 0 bridgehead atoms. The van der Waals surface area contributed by atoms with Crippen molar-refractivity contribution in [3.8, 4) is 0 Å². The number of piperidine rings is 1. The topological polar surface area (TPSA) is 78.9 Å². The van der Waals surface area contributed by atoms with Crippen LogP contribution in [0.5, 0.6) is 0 Å². The molecule has 116 valence electrons. The van der Waals surface area contributed by atoms with Gasteiger partial charge < -0.3 is 20.1 Å². The van der Waals surface area contributed by atoms with Crippen molar-refractivity contribution in [2.24, 2.45) is 5.92 Å². The fraction of sp³-hybridized carbons (Fsp3) is 0.857. The van der Waals surface area contributed by atoms with Gasteiger partial charge in [0.25, 0.3) is 0 Å². The summed E-state index contributed by atoms with van der Waals surface area (Å²) >= 11 is 0. The van der Waals surface area contributed by atoms with Crippen molar-refractivity contribution in [1.29, 1.82) is 0 Å². The minimum atomic E-state index is -0.864. The number of carboxylic acid groups (broad SMARTS) is 1. The highest BCUT2D eigenvalue weighted by Gasteiger charge is 2.30. The number of carbonyl (C=O) groups is 2. The van der Waals surface area contributed by atoms with Crippen LogP contribution in [0.15, 0.2) is 0 Å². The average molecular weight is 286 g/mol. The van der Waals surface area contributed by atoms with Gasteiger partial charge in [-0.25, -0.2) is 4.79 Å². The van der Waals surface area contributed by atoms with Crippen molar-refractivity contribution in [1.82, 2.24) is 10.2 Å². The number of amides is 1. The second-order valence-corrected chi connectivity index (χ2v) is 6.39. The van der Waals surface area contributed by atoms with E-state index in [9.17, 15) is 9.59 Å². The smallest absolute Gasteiger partial charge is 0.410 e. The van der Waals surface area contributed by atoms with Gasteiger partial charge in [0.1, 0.15) is 5.60 Å². The van der Waals surface area contributed by atoms with Gasteiger partial charge >= 0.3 is 12.1 Å². The number of nitrogens with one attached hydrogen (secondary N) is 1. The lowest BCUT2D eigenvalue weighted by Crippen LogP contribution is -2.48. The molecule has 1 fully saturated rings. The van der Waals surface area contributed by atoms with Gasteiger partial charge in [0.2, 0.25) is 0 Å². The molecule has 6 nitrogen and oxygen atoms in total. The molecular formula is C14H26N2O4. The summed E-state index contributed by atoms with van der Waals surface area (Å²) in [4.78, 5) is 24.3. The maximum absolute atomic E-state index is 12.0. The summed E-state index contributed by atoms with van der Waals surface area (Å²) < 4.78 is 5.38. The molecule has 1 aliphatic rings. The Labute approximate surface area is 120 Å². The van der Waals surface area contributed by atoms with Crippen LogP contribution in [-0.4, -0.2) is 53.3 Å². The zero-order valence-corrected chi connectivity index (χ0v) is 12.8. The molecule has 2 N–H and O–H groups in total. The van der Waals surface area contributed by atoms with Crippen LogP contribution >= 0.6 is 0 Å². The molecule has 1 aliphatic heterocycles. The SMILES string of the molecule is CC(NCC(=O)O)C1CCCN(C(=O)OC(C)(C)C)C1. The van der Waals surface area contributed by atoms with Crippen LogP contribution in [0.2, 0.25) is 0 Å². The lowest BCUT2D eigenvalue weighted by molar-refractivity contribution is -0.136. The van der Waals surface area contributed by atoms with Gasteiger partial charge in [-0.3, -0.25) is 4.79 Å². The zero-order chi connectivity index (χ0) is 15.3. The van der Waals surface area contributed by atoms with Gasteiger partial charge in [-0.2, -0.15) is 0 Å². The number of aliphatic carboxylic acids is 1. The van der Waals surface area contributed by atoms with Gasteiger partial charge in [0.15, 0.2) is 0 Å². The minimum Gasteiger partial charge on any atom is -0.480 e. The highest BCUT2D eigenvalue weighted by atomic mass is 16.6. The van der Waals surface area contributed by atoms with Crippen molar-refractivity contribution in [3.63, 3.8) is 0 Å². The average Bonchev–Trinajstić information content (AvgIpc) is 2.34. The third kappa shape index (κ3) is 5.77. The highest BCUT2D eigenvalue weighted by Crippen LogP contribution is 2.21. The van der Waals surface area contributed by atoms with E-state index in [0.717, 1.165) is 12.8 Å². The summed E-state index contributed by atoms with van der Waals surface area (Å²) in [5, 5.41) is 11.7. The largest absolute Gasteiger partial charge is 0.480 e. The molecule has 0 spiro atoms. The number of likely N-dealkylation sites (tertiary alicyclic amines) is 1. The Kier molecular flexibility index (Phi) is 5.80. The molecule has 0 aromatic carbocycles. The highest BCUT2D eigenvalue weighted by molar-refractivity contribution is 5.69. The lowest BCUT2D eigenvalue weighted by atomic mass is 9.92. The Morgan fingerprint density at radius 3 is 2.65 bits per heavy atom. The van der Waals surface area contributed by atoms with E-state index >= 15 is 0 Å². The summed E-state index contributed by atoms with van der Waals surface area (Å²) in [6.07, 6.45) is 1.63. The molecule has 0 radical (unpaired) electrons. The van der Waals surface area contributed by atoms with Gasteiger partial charge in [0, 0.05) is 19.1 Å². The van der Waals surface area contributed by atoms with Crippen molar-refractivity contribution in [2.45, 2.75) is 52.2 Å². The normalized spacial score (nSPS) is 21.4. The lowest BCUT2D eigenvalue weighted by Gasteiger charge is -2.36. The maximum atomic E-state index is 12.0. The van der Waals surface area contributed by atoms with E-state index in [1.54, 1.807) is 4.90 Å². The van der Waals surface area contributed by atoms with Crippen LogP contribution in [0.25, 0.3) is 0 Å². The van der Waals surface area contributed by atoms with Crippen LogP contribution in [0, 0.1) is 5.92 Å². The number of carboxylic acids is 1. The fourth-order valence-electron chi connectivity index (χ4n) is 2.33. The molecule has 2 atom stereocenters. The second kappa shape index (κ2) is 6.92. The third-order valence-corrected chi connectivity index (χ3v) is 3.39. The Morgan fingerprint density at radius 1 is 1.45 bits per heavy atom. The van der Waals surface area contributed by atoms with Crippen LogP contribution in [-0.2, 0) is 9.53 Å². The molecule has 0 aliphatic carbocycles. The third-order valence-electron chi connectivity index (χ3n) is 3.39. The van der Waals surface area contributed by atoms with Gasteiger partial charge in [-0.15, -0.1) is 0 Å². The summed E-state index contributed by atoms with van der Waals surface area (Å²) in [7, 11) is 0. The first-order valence-electron chi connectivity index (χ1n) is 7.12. The number of hydrogen-bond acceptors (Lipinski definition) is 4. The standard InChI is InChI=1S/C14H26N2O4/c1-10(15-8-12(17)18)11-6-5-7-16(9-11)13(19)20-14(2,3)4/h10-11,15H,5-9H2,1-4H3,(H,17,18). The minimum absolute atomic E-state index is 0.0515. The number of carbonyl (C=O) groups excluding carboxylic acids is 1. The monoisotopic (exact) mass is 286 g/mol. The van der Waals surface area contributed by atoms with Crippen molar-refractivity contribution in [3.05, 3.63) is 0 Å². The van der Waals surface area contributed by atoms with E-state index in [1.165, 1.54) is 0 Å². The molecule has 6 heteroatoms. The number of rotatable bonds is 4. The van der Waals surface area contributed by atoms with Gasteiger partial charge in [-0.05, 0) is 46.5 Å². The Hall–Kier alpha value is -1.30. The Morgan fingerprint density at radius 2 is 2.10 bits per heavy atom. The fourth-order valence-corrected chi connectivity index (χ4v) is 2.33. The van der Waals surface area contributed by atoms with E-state index in [4.69, 9.17) is 9.84 Å². The van der Waals surface area contributed by atoms with E-state index in [0.29, 0.717) is 13.1 Å². The molecule has 0 aromatic heterocycles. The maximum Gasteiger partial charge on any atom is 0.410 e. The van der Waals surface area contributed by atoms with E-state index in [1.807, 2.05) is 27.7 Å². The van der Waals surface area contributed by atoms with E-state index in [-0.39, 0.29) is 24.6 Å². The second-order valence-electron chi connectivity index (χ2n) is 6.39. The van der Waals surface area contributed by atoms with Crippen molar-refractivity contribution in [2.75, 3.05) is 19.6 Å². The van der Waals surface area contributed by atoms with Crippen LogP contribution < -0.4 is 5.32 Å². The molecule has 20 heavy (non-hydrogen) atoms. The summed E-state index contributed by atoms with van der Waals surface area (Å²) in [6, 6.07) is 0.0661. The molecule has 2 unspecified atom stereocenters.